The molecule has 0 aliphatic heterocycles. The quantitative estimate of drug-likeness (QED) is 0.617. The van der Waals surface area contributed by atoms with E-state index in [2.05, 4.69) is 0 Å². The Morgan fingerprint density at radius 1 is 1.64 bits per heavy atom. The van der Waals surface area contributed by atoms with Crippen molar-refractivity contribution in [2.24, 2.45) is 5.14 Å². The molecule has 11 heavy (non-hydrogen) atoms. The van der Waals surface area contributed by atoms with Gasteiger partial charge in [-0.1, -0.05) is 0 Å². The van der Waals surface area contributed by atoms with Crippen LogP contribution >= 0.6 is 0 Å². The van der Waals surface area contributed by atoms with Gasteiger partial charge in [-0.15, -0.1) is 0 Å². The molecule has 0 aromatic heterocycles. The summed E-state index contributed by atoms with van der Waals surface area (Å²) in [4.78, 5) is 0. The first-order valence-electron chi connectivity index (χ1n) is 3.57. The smallest absolute Gasteiger partial charge is 0.211 e. The average Bonchev–Trinajstić information content (AvgIpc) is 2.45. The van der Waals surface area contributed by atoms with E-state index in [9.17, 15) is 13.5 Å². The Morgan fingerprint density at radius 2 is 2.09 bits per heavy atom. The molecule has 1 aliphatic rings. The SMILES string of the molecule is CC(CC1(O)CC1)S(N)(=O)=O. The predicted molar refractivity (Wildman–Crippen MR) is 41.4 cm³/mol. The summed E-state index contributed by atoms with van der Waals surface area (Å²) in [5, 5.41) is 13.6. The zero-order valence-electron chi connectivity index (χ0n) is 6.45. The van der Waals surface area contributed by atoms with Gasteiger partial charge in [0.15, 0.2) is 0 Å². The summed E-state index contributed by atoms with van der Waals surface area (Å²) in [6.07, 6.45) is 1.67. The zero-order valence-corrected chi connectivity index (χ0v) is 7.26. The van der Waals surface area contributed by atoms with E-state index in [1.54, 1.807) is 0 Å². The van der Waals surface area contributed by atoms with Crippen molar-refractivity contribution in [1.82, 2.24) is 0 Å². The molecule has 0 aromatic carbocycles. The molecule has 0 spiro atoms. The summed E-state index contributed by atoms with van der Waals surface area (Å²) in [5.74, 6) is 0. The van der Waals surface area contributed by atoms with Gasteiger partial charge in [-0.2, -0.15) is 0 Å². The molecule has 1 fully saturated rings. The van der Waals surface area contributed by atoms with Crippen molar-refractivity contribution in [2.75, 3.05) is 0 Å². The maximum absolute atomic E-state index is 10.7. The van der Waals surface area contributed by atoms with Crippen LogP contribution in [0.1, 0.15) is 26.2 Å². The molecule has 0 heterocycles. The molecule has 1 aliphatic carbocycles. The number of hydrogen-bond acceptors (Lipinski definition) is 3. The van der Waals surface area contributed by atoms with Crippen molar-refractivity contribution in [3.05, 3.63) is 0 Å². The van der Waals surface area contributed by atoms with Gasteiger partial charge in [-0.05, 0) is 26.2 Å². The molecule has 0 bridgehead atoms. The molecule has 0 radical (unpaired) electrons. The van der Waals surface area contributed by atoms with Crippen LogP contribution in [0.5, 0.6) is 0 Å². The van der Waals surface area contributed by atoms with Gasteiger partial charge in [0.2, 0.25) is 10.0 Å². The lowest BCUT2D eigenvalue weighted by Crippen LogP contribution is -2.30. The van der Waals surface area contributed by atoms with Gasteiger partial charge in [0.25, 0.3) is 0 Å². The van der Waals surface area contributed by atoms with Crippen LogP contribution in [-0.2, 0) is 10.0 Å². The number of sulfonamides is 1. The molecule has 3 N–H and O–H groups in total. The van der Waals surface area contributed by atoms with Crippen molar-refractivity contribution < 1.29 is 13.5 Å². The summed E-state index contributed by atoms with van der Waals surface area (Å²) in [6, 6.07) is 0. The fourth-order valence-corrected chi connectivity index (χ4v) is 1.54. The predicted octanol–water partition coefficient (Wildman–Crippen LogP) is -0.422. The van der Waals surface area contributed by atoms with E-state index >= 15 is 0 Å². The van der Waals surface area contributed by atoms with Crippen LogP contribution in [-0.4, -0.2) is 24.4 Å². The maximum Gasteiger partial charge on any atom is 0.211 e. The van der Waals surface area contributed by atoms with Crippen LogP contribution in [0.15, 0.2) is 0 Å². The fourth-order valence-electron chi connectivity index (χ4n) is 1.000. The highest BCUT2D eigenvalue weighted by molar-refractivity contribution is 7.89. The lowest BCUT2D eigenvalue weighted by atomic mass is 10.2. The summed E-state index contributed by atoms with van der Waals surface area (Å²) in [5.41, 5.74) is -0.730. The Labute approximate surface area is 66.5 Å². The number of nitrogens with two attached hydrogens (primary N) is 1. The molecule has 66 valence electrons. The minimum absolute atomic E-state index is 0.270. The normalized spacial score (nSPS) is 24.6. The van der Waals surface area contributed by atoms with Crippen molar-refractivity contribution in [1.29, 1.82) is 0 Å². The van der Waals surface area contributed by atoms with Gasteiger partial charge in [-0.3, -0.25) is 0 Å². The van der Waals surface area contributed by atoms with Crippen LogP contribution in [0.25, 0.3) is 0 Å². The van der Waals surface area contributed by atoms with E-state index < -0.39 is 20.9 Å². The second kappa shape index (κ2) is 2.43. The minimum atomic E-state index is -3.46. The second-order valence-corrected chi connectivity index (χ2v) is 5.31. The first-order valence-corrected chi connectivity index (χ1v) is 5.18. The Bertz CT molecular complexity index is 243. The van der Waals surface area contributed by atoms with Crippen molar-refractivity contribution >= 4 is 10.0 Å². The summed E-state index contributed by atoms with van der Waals surface area (Å²) < 4.78 is 21.4. The number of primary sulfonamides is 1. The highest BCUT2D eigenvalue weighted by Crippen LogP contribution is 2.39. The first kappa shape index (κ1) is 8.96. The topological polar surface area (TPSA) is 80.4 Å². The van der Waals surface area contributed by atoms with Gasteiger partial charge in [0, 0.05) is 0 Å². The highest BCUT2D eigenvalue weighted by atomic mass is 32.2. The molecule has 1 rings (SSSR count). The molecule has 1 saturated carbocycles. The zero-order chi connectivity index (χ0) is 8.70. The number of hydrogen-bond donors (Lipinski definition) is 2. The summed E-state index contributed by atoms with van der Waals surface area (Å²) in [6.45, 7) is 1.52. The summed E-state index contributed by atoms with van der Waals surface area (Å²) in [7, 11) is -3.46. The number of rotatable bonds is 3. The third-order valence-electron chi connectivity index (χ3n) is 2.06. The van der Waals surface area contributed by atoms with Crippen LogP contribution in [0.2, 0.25) is 0 Å². The van der Waals surface area contributed by atoms with Crippen molar-refractivity contribution in [3.8, 4) is 0 Å². The van der Waals surface area contributed by atoms with Crippen LogP contribution in [0.4, 0.5) is 0 Å². The minimum Gasteiger partial charge on any atom is -0.390 e. The Morgan fingerprint density at radius 3 is 2.36 bits per heavy atom. The van der Waals surface area contributed by atoms with E-state index in [0.29, 0.717) is 12.8 Å². The second-order valence-electron chi connectivity index (χ2n) is 3.33. The summed E-state index contributed by atoms with van der Waals surface area (Å²) >= 11 is 0. The maximum atomic E-state index is 10.7. The largest absolute Gasteiger partial charge is 0.390 e. The monoisotopic (exact) mass is 179 g/mol. The van der Waals surface area contributed by atoms with Gasteiger partial charge in [0.1, 0.15) is 0 Å². The van der Waals surface area contributed by atoms with Gasteiger partial charge in [0.05, 0.1) is 10.9 Å². The van der Waals surface area contributed by atoms with Crippen molar-refractivity contribution in [2.45, 2.75) is 37.0 Å². The third-order valence-corrected chi connectivity index (χ3v) is 3.34. The van der Waals surface area contributed by atoms with Gasteiger partial charge in [-0.25, -0.2) is 13.6 Å². The molecule has 0 saturated heterocycles. The highest BCUT2D eigenvalue weighted by Gasteiger charge is 2.43. The van der Waals surface area contributed by atoms with Crippen LogP contribution in [0.3, 0.4) is 0 Å². The lowest BCUT2D eigenvalue weighted by molar-refractivity contribution is 0.140. The van der Waals surface area contributed by atoms with E-state index in [1.807, 2.05) is 0 Å². The Balaban J connectivity index is 2.50. The van der Waals surface area contributed by atoms with E-state index in [1.165, 1.54) is 6.92 Å². The standard InChI is InChI=1S/C6H13NO3S/c1-5(11(7,9)10)4-6(8)2-3-6/h5,8H,2-4H2,1H3,(H2,7,9,10). The lowest BCUT2D eigenvalue weighted by Gasteiger charge is -2.12. The van der Waals surface area contributed by atoms with E-state index in [-0.39, 0.29) is 6.42 Å². The molecule has 1 unspecified atom stereocenters. The van der Waals surface area contributed by atoms with E-state index in [4.69, 9.17) is 5.14 Å². The van der Waals surface area contributed by atoms with Crippen LogP contribution < -0.4 is 5.14 Å². The Kier molecular flexibility index (Phi) is 1.98. The van der Waals surface area contributed by atoms with Gasteiger partial charge >= 0.3 is 0 Å². The molecule has 4 nitrogen and oxygen atoms in total. The fraction of sp³-hybridized carbons (Fsp3) is 1.00. The van der Waals surface area contributed by atoms with Gasteiger partial charge < -0.3 is 5.11 Å². The molecule has 0 aromatic rings. The Hall–Kier alpha value is -0.130. The molecule has 1 atom stereocenters. The molecule has 5 heteroatoms. The molecule has 0 amide bonds. The molecular formula is C6H13NO3S. The third kappa shape index (κ3) is 2.43. The van der Waals surface area contributed by atoms with Crippen LogP contribution in [0, 0.1) is 0 Å². The van der Waals surface area contributed by atoms with Crippen molar-refractivity contribution in [3.63, 3.8) is 0 Å². The number of aliphatic hydroxyl groups is 1. The molecular weight excluding hydrogens is 166 g/mol. The first-order chi connectivity index (χ1) is 4.83. The average molecular weight is 179 g/mol. The van der Waals surface area contributed by atoms with E-state index in [0.717, 1.165) is 0 Å².